The third kappa shape index (κ3) is 2.13. The molecule has 2 rings (SSSR count). The summed E-state index contributed by atoms with van der Waals surface area (Å²) >= 11 is 0. The number of aliphatic hydroxyl groups is 1. The summed E-state index contributed by atoms with van der Waals surface area (Å²) in [6.45, 7) is 3.32. The van der Waals surface area contributed by atoms with Crippen molar-refractivity contribution >= 4 is 0 Å². The lowest BCUT2D eigenvalue weighted by Crippen LogP contribution is -2.34. The van der Waals surface area contributed by atoms with Crippen LogP contribution in [0.3, 0.4) is 0 Å². The van der Waals surface area contributed by atoms with Gasteiger partial charge in [0.25, 0.3) is 0 Å². The lowest BCUT2D eigenvalue weighted by atomic mass is 10.2. The number of rotatable bonds is 4. The minimum absolute atomic E-state index is 0.291. The Kier molecular flexibility index (Phi) is 3.16. The first-order valence-electron chi connectivity index (χ1n) is 5.22. The van der Waals surface area contributed by atoms with Gasteiger partial charge in [0, 0.05) is 25.0 Å². The van der Waals surface area contributed by atoms with E-state index < -0.39 is 0 Å². The van der Waals surface area contributed by atoms with Gasteiger partial charge in [-0.25, -0.2) is 0 Å². The van der Waals surface area contributed by atoms with E-state index in [-0.39, 0.29) is 0 Å². The third-order valence-electron chi connectivity index (χ3n) is 2.89. The first-order valence-corrected chi connectivity index (χ1v) is 5.22. The van der Waals surface area contributed by atoms with Gasteiger partial charge in [0.1, 0.15) is 0 Å². The van der Waals surface area contributed by atoms with Crippen molar-refractivity contribution in [2.75, 3.05) is 19.7 Å². The number of aliphatic hydroxyl groups excluding tert-OH is 1. The highest BCUT2D eigenvalue weighted by Gasteiger charge is 2.22. The van der Waals surface area contributed by atoms with E-state index in [0.717, 1.165) is 26.1 Å². The van der Waals surface area contributed by atoms with Crippen LogP contribution in [-0.4, -0.2) is 45.5 Å². The predicted molar refractivity (Wildman–Crippen MR) is 53.9 cm³/mol. The number of hydrogen-bond donors (Lipinski definition) is 1. The smallest absolute Gasteiger partial charge is 0.0586 e. The summed E-state index contributed by atoms with van der Waals surface area (Å²) in [5.74, 6) is 0. The quantitative estimate of drug-likeness (QED) is 0.753. The Labute approximate surface area is 84.1 Å². The fraction of sp³-hybridized carbons (Fsp3) is 0.700. The van der Waals surface area contributed by atoms with Crippen LogP contribution >= 0.6 is 0 Å². The van der Waals surface area contributed by atoms with Crippen molar-refractivity contribution in [3.8, 4) is 0 Å². The SMILES string of the molecule is OC[C@H]1CCCN1CCn1cccn1. The van der Waals surface area contributed by atoms with Gasteiger partial charge in [-0.2, -0.15) is 5.10 Å². The molecule has 1 saturated heterocycles. The number of likely N-dealkylation sites (tertiary alicyclic amines) is 1. The topological polar surface area (TPSA) is 41.3 Å². The monoisotopic (exact) mass is 195 g/mol. The van der Waals surface area contributed by atoms with E-state index >= 15 is 0 Å². The van der Waals surface area contributed by atoms with Gasteiger partial charge in [0.15, 0.2) is 0 Å². The summed E-state index contributed by atoms with van der Waals surface area (Å²) in [6.07, 6.45) is 6.12. The van der Waals surface area contributed by atoms with Gasteiger partial charge < -0.3 is 5.11 Å². The van der Waals surface area contributed by atoms with Gasteiger partial charge in [0.2, 0.25) is 0 Å². The molecule has 0 bridgehead atoms. The van der Waals surface area contributed by atoms with Crippen LogP contribution in [0.4, 0.5) is 0 Å². The van der Waals surface area contributed by atoms with E-state index in [1.54, 1.807) is 6.20 Å². The molecule has 0 saturated carbocycles. The van der Waals surface area contributed by atoms with Crippen molar-refractivity contribution < 1.29 is 5.11 Å². The highest BCUT2D eigenvalue weighted by Crippen LogP contribution is 2.15. The van der Waals surface area contributed by atoms with Crippen molar-refractivity contribution in [1.82, 2.24) is 14.7 Å². The van der Waals surface area contributed by atoms with Crippen LogP contribution < -0.4 is 0 Å². The molecule has 2 heterocycles. The molecule has 0 radical (unpaired) electrons. The second-order valence-electron chi connectivity index (χ2n) is 3.78. The lowest BCUT2D eigenvalue weighted by molar-refractivity contribution is 0.154. The maximum Gasteiger partial charge on any atom is 0.0586 e. The summed E-state index contributed by atoms with van der Waals surface area (Å²) in [5.41, 5.74) is 0. The van der Waals surface area contributed by atoms with Crippen LogP contribution in [-0.2, 0) is 6.54 Å². The minimum atomic E-state index is 0.291. The van der Waals surface area contributed by atoms with Crippen LogP contribution in [0.1, 0.15) is 12.8 Å². The largest absolute Gasteiger partial charge is 0.395 e. The van der Waals surface area contributed by atoms with Gasteiger partial charge in [-0.3, -0.25) is 9.58 Å². The molecule has 1 aliphatic rings. The summed E-state index contributed by atoms with van der Waals surface area (Å²) in [4.78, 5) is 2.35. The zero-order valence-electron chi connectivity index (χ0n) is 8.34. The number of hydrogen-bond acceptors (Lipinski definition) is 3. The Balaban J connectivity index is 1.80. The normalized spacial score (nSPS) is 23.1. The van der Waals surface area contributed by atoms with E-state index in [2.05, 4.69) is 10.00 Å². The van der Waals surface area contributed by atoms with Crippen LogP contribution in [0.15, 0.2) is 18.5 Å². The van der Waals surface area contributed by atoms with E-state index in [0.29, 0.717) is 12.6 Å². The fourth-order valence-electron chi connectivity index (χ4n) is 2.06. The van der Waals surface area contributed by atoms with Crippen LogP contribution in [0.2, 0.25) is 0 Å². The maximum atomic E-state index is 9.13. The summed E-state index contributed by atoms with van der Waals surface area (Å²) < 4.78 is 1.94. The van der Waals surface area contributed by atoms with Gasteiger partial charge in [-0.1, -0.05) is 0 Å². The van der Waals surface area contributed by atoms with Gasteiger partial charge in [0.05, 0.1) is 13.2 Å². The van der Waals surface area contributed by atoms with Crippen molar-refractivity contribution in [3.63, 3.8) is 0 Å². The molecule has 1 N–H and O–H groups in total. The summed E-state index contributed by atoms with van der Waals surface area (Å²) in [7, 11) is 0. The highest BCUT2D eigenvalue weighted by atomic mass is 16.3. The van der Waals surface area contributed by atoms with Crippen LogP contribution in [0, 0.1) is 0 Å². The molecule has 4 nitrogen and oxygen atoms in total. The average molecular weight is 195 g/mol. The molecule has 1 aromatic heterocycles. The standard InChI is InChI=1S/C10H17N3O/c14-9-10-3-1-5-12(10)7-8-13-6-2-4-11-13/h2,4,6,10,14H,1,3,5,7-9H2/t10-/m1/s1. The molecule has 4 heteroatoms. The van der Waals surface area contributed by atoms with E-state index in [1.807, 2.05) is 16.9 Å². The van der Waals surface area contributed by atoms with Gasteiger partial charge >= 0.3 is 0 Å². The molecule has 1 aliphatic heterocycles. The van der Waals surface area contributed by atoms with Crippen molar-refractivity contribution in [2.45, 2.75) is 25.4 Å². The van der Waals surface area contributed by atoms with Crippen molar-refractivity contribution in [3.05, 3.63) is 18.5 Å². The molecule has 0 aromatic carbocycles. The summed E-state index contributed by atoms with van der Waals surface area (Å²) in [5, 5.41) is 13.3. The first kappa shape index (κ1) is 9.68. The Hall–Kier alpha value is -0.870. The molecule has 0 aliphatic carbocycles. The molecule has 0 unspecified atom stereocenters. The van der Waals surface area contributed by atoms with Crippen LogP contribution in [0.25, 0.3) is 0 Å². The Morgan fingerprint density at radius 3 is 3.07 bits per heavy atom. The average Bonchev–Trinajstić information content (AvgIpc) is 2.85. The van der Waals surface area contributed by atoms with Crippen molar-refractivity contribution in [2.24, 2.45) is 0 Å². The minimum Gasteiger partial charge on any atom is -0.395 e. The Morgan fingerprint density at radius 2 is 2.36 bits per heavy atom. The first-order chi connectivity index (χ1) is 6.90. The molecule has 0 amide bonds. The molecule has 1 atom stereocenters. The van der Waals surface area contributed by atoms with Crippen molar-refractivity contribution in [1.29, 1.82) is 0 Å². The zero-order valence-corrected chi connectivity index (χ0v) is 8.34. The number of nitrogens with zero attached hydrogens (tertiary/aromatic N) is 3. The van der Waals surface area contributed by atoms with Crippen LogP contribution in [0.5, 0.6) is 0 Å². The Bertz CT molecular complexity index is 260. The third-order valence-corrected chi connectivity index (χ3v) is 2.89. The molecule has 1 fully saturated rings. The Morgan fingerprint density at radius 1 is 1.43 bits per heavy atom. The second kappa shape index (κ2) is 4.57. The van der Waals surface area contributed by atoms with Gasteiger partial charge in [-0.05, 0) is 25.5 Å². The highest BCUT2D eigenvalue weighted by molar-refractivity contribution is 4.81. The lowest BCUT2D eigenvalue weighted by Gasteiger charge is -2.22. The van der Waals surface area contributed by atoms with E-state index in [1.165, 1.54) is 6.42 Å². The predicted octanol–water partition coefficient (Wildman–Crippen LogP) is 0.340. The molecular formula is C10H17N3O. The second-order valence-corrected chi connectivity index (χ2v) is 3.78. The molecule has 0 spiro atoms. The molecule has 78 valence electrons. The molecule has 14 heavy (non-hydrogen) atoms. The van der Waals surface area contributed by atoms with E-state index in [4.69, 9.17) is 5.11 Å². The fourth-order valence-corrected chi connectivity index (χ4v) is 2.06. The van der Waals surface area contributed by atoms with Gasteiger partial charge in [-0.15, -0.1) is 0 Å². The van der Waals surface area contributed by atoms with E-state index in [9.17, 15) is 0 Å². The summed E-state index contributed by atoms with van der Waals surface area (Å²) in [6, 6.07) is 2.32. The molecule has 1 aromatic rings. The maximum absolute atomic E-state index is 9.13. The zero-order chi connectivity index (χ0) is 9.80. The number of aromatic nitrogens is 2. The molecular weight excluding hydrogens is 178 g/mol.